The Morgan fingerprint density at radius 2 is 1.92 bits per heavy atom. The van der Waals surface area contributed by atoms with E-state index < -0.39 is 34.4 Å². The first kappa shape index (κ1) is 27.5. The number of aromatic nitrogens is 1. The number of amides is 1. The van der Waals surface area contributed by atoms with Crippen molar-refractivity contribution in [2.75, 3.05) is 18.6 Å². The van der Waals surface area contributed by atoms with Crippen LogP contribution >= 0.6 is 11.3 Å². The second-order valence-corrected chi connectivity index (χ2v) is 9.63. The second kappa shape index (κ2) is 11.4. The molecule has 12 heteroatoms. The van der Waals surface area contributed by atoms with Crippen LogP contribution in [0.2, 0.25) is 0 Å². The summed E-state index contributed by atoms with van der Waals surface area (Å²) in [5.74, 6) is -2.56. The SMILES string of the molecule is CCCCOc1ccc(C(O)=C2C(=O)C(=O)N(c3nc(C)c(C(=O)OC)s3)[C@@H]2c2cccc([N+](=O)[O-])c2)cc1. The number of methoxy groups -OCH3 is 1. The molecule has 39 heavy (non-hydrogen) atoms. The molecule has 1 saturated heterocycles. The molecule has 11 nitrogen and oxygen atoms in total. The van der Waals surface area contributed by atoms with Gasteiger partial charge in [-0.3, -0.25) is 24.6 Å². The molecule has 0 saturated carbocycles. The lowest BCUT2D eigenvalue weighted by atomic mass is 9.95. The van der Waals surface area contributed by atoms with Gasteiger partial charge in [-0.25, -0.2) is 9.78 Å². The van der Waals surface area contributed by atoms with Crippen molar-refractivity contribution in [3.8, 4) is 5.75 Å². The minimum absolute atomic E-state index is 0.00484. The number of aliphatic hydroxyl groups is 1. The van der Waals surface area contributed by atoms with E-state index in [-0.39, 0.29) is 38.1 Å². The van der Waals surface area contributed by atoms with Gasteiger partial charge in [0.05, 0.1) is 35.9 Å². The van der Waals surface area contributed by atoms with Gasteiger partial charge in [0.2, 0.25) is 0 Å². The molecule has 2 aromatic carbocycles. The number of esters is 1. The van der Waals surface area contributed by atoms with Gasteiger partial charge in [0, 0.05) is 17.7 Å². The number of thiazole rings is 1. The van der Waals surface area contributed by atoms with E-state index in [1.54, 1.807) is 31.2 Å². The largest absolute Gasteiger partial charge is 0.507 e. The fourth-order valence-electron chi connectivity index (χ4n) is 4.12. The molecule has 1 aliphatic heterocycles. The number of anilines is 1. The first-order valence-electron chi connectivity index (χ1n) is 12.0. The number of hydrogen-bond acceptors (Lipinski definition) is 10. The van der Waals surface area contributed by atoms with Gasteiger partial charge in [-0.05, 0) is 43.2 Å². The van der Waals surface area contributed by atoms with Crippen molar-refractivity contribution in [1.29, 1.82) is 0 Å². The summed E-state index contributed by atoms with van der Waals surface area (Å²) in [5, 5.41) is 22.8. The molecule has 1 aromatic heterocycles. The summed E-state index contributed by atoms with van der Waals surface area (Å²) in [7, 11) is 1.20. The minimum atomic E-state index is -1.25. The van der Waals surface area contributed by atoms with Crippen LogP contribution in [-0.2, 0) is 14.3 Å². The smallest absolute Gasteiger partial charge is 0.350 e. The summed E-state index contributed by atoms with van der Waals surface area (Å²) in [4.78, 5) is 55.3. The number of ether oxygens (including phenoxy) is 2. The number of unbranched alkanes of at least 4 members (excludes halogenated alkanes) is 1. The molecule has 0 aliphatic carbocycles. The quantitative estimate of drug-likeness (QED) is 0.0741. The van der Waals surface area contributed by atoms with E-state index in [0.29, 0.717) is 12.4 Å². The number of benzene rings is 2. The number of non-ortho nitro benzene ring substituents is 1. The van der Waals surface area contributed by atoms with Crippen molar-refractivity contribution in [3.05, 3.63) is 85.9 Å². The monoisotopic (exact) mass is 551 g/mol. The summed E-state index contributed by atoms with van der Waals surface area (Å²) < 4.78 is 10.4. The Morgan fingerprint density at radius 1 is 1.21 bits per heavy atom. The highest BCUT2D eigenvalue weighted by atomic mass is 32.1. The normalized spacial score (nSPS) is 16.4. The predicted molar refractivity (Wildman–Crippen MR) is 143 cm³/mol. The van der Waals surface area contributed by atoms with Crippen LogP contribution in [0.15, 0.2) is 54.1 Å². The van der Waals surface area contributed by atoms with Gasteiger partial charge >= 0.3 is 11.9 Å². The molecular weight excluding hydrogens is 526 g/mol. The van der Waals surface area contributed by atoms with Crippen molar-refractivity contribution in [2.45, 2.75) is 32.7 Å². The molecule has 1 N–H and O–H groups in total. The summed E-state index contributed by atoms with van der Waals surface area (Å²) in [6.07, 6.45) is 1.85. The van der Waals surface area contributed by atoms with Gasteiger partial charge in [0.25, 0.3) is 11.5 Å². The van der Waals surface area contributed by atoms with Crippen molar-refractivity contribution in [2.24, 2.45) is 0 Å². The Hall–Kier alpha value is -4.58. The van der Waals surface area contributed by atoms with E-state index >= 15 is 0 Å². The maximum atomic E-state index is 13.3. The van der Waals surface area contributed by atoms with Gasteiger partial charge in [-0.15, -0.1) is 0 Å². The van der Waals surface area contributed by atoms with Gasteiger partial charge in [0.1, 0.15) is 16.4 Å². The summed E-state index contributed by atoms with van der Waals surface area (Å²) >= 11 is 0.838. The summed E-state index contributed by atoms with van der Waals surface area (Å²) in [5.41, 5.74) is 0.193. The van der Waals surface area contributed by atoms with Gasteiger partial charge in [0.15, 0.2) is 5.13 Å². The zero-order valence-electron chi connectivity index (χ0n) is 21.4. The Morgan fingerprint density at radius 3 is 2.56 bits per heavy atom. The number of rotatable bonds is 9. The molecule has 1 fully saturated rings. The van der Waals surface area contributed by atoms with Gasteiger partial charge in [-0.1, -0.05) is 36.8 Å². The third-order valence-electron chi connectivity index (χ3n) is 6.10. The predicted octanol–water partition coefficient (Wildman–Crippen LogP) is 4.95. The van der Waals surface area contributed by atoms with Crippen LogP contribution in [0.25, 0.3) is 5.76 Å². The van der Waals surface area contributed by atoms with Crippen molar-refractivity contribution >= 4 is 45.6 Å². The molecule has 1 atom stereocenters. The molecule has 2 heterocycles. The lowest BCUT2D eigenvalue weighted by Gasteiger charge is -2.22. The lowest BCUT2D eigenvalue weighted by Crippen LogP contribution is -2.29. The molecule has 202 valence electrons. The summed E-state index contributed by atoms with van der Waals surface area (Å²) in [6.45, 7) is 4.12. The van der Waals surface area contributed by atoms with E-state index in [4.69, 9.17) is 9.47 Å². The average Bonchev–Trinajstić information content (AvgIpc) is 3.44. The highest BCUT2D eigenvalue weighted by molar-refractivity contribution is 7.17. The van der Waals surface area contributed by atoms with E-state index in [1.807, 2.05) is 6.92 Å². The lowest BCUT2D eigenvalue weighted by molar-refractivity contribution is -0.384. The van der Waals surface area contributed by atoms with E-state index in [9.17, 15) is 29.6 Å². The third-order valence-corrected chi connectivity index (χ3v) is 7.23. The van der Waals surface area contributed by atoms with Crippen LogP contribution in [0.3, 0.4) is 0 Å². The molecule has 1 amide bonds. The molecule has 0 bridgehead atoms. The third kappa shape index (κ3) is 5.36. The fraction of sp³-hybridized carbons (Fsp3) is 0.259. The number of carbonyl (C=O) groups excluding carboxylic acids is 3. The minimum Gasteiger partial charge on any atom is -0.507 e. The van der Waals surface area contributed by atoms with Crippen LogP contribution in [0.4, 0.5) is 10.8 Å². The number of hydrogen-bond donors (Lipinski definition) is 1. The van der Waals surface area contributed by atoms with Gasteiger partial charge < -0.3 is 14.6 Å². The number of aliphatic hydroxyl groups excluding tert-OH is 1. The van der Waals surface area contributed by atoms with E-state index in [2.05, 4.69) is 4.98 Å². The average molecular weight is 552 g/mol. The first-order chi connectivity index (χ1) is 18.7. The second-order valence-electron chi connectivity index (χ2n) is 8.65. The van der Waals surface area contributed by atoms with Crippen molar-refractivity contribution in [3.63, 3.8) is 0 Å². The molecule has 3 aromatic rings. The highest BCUT2D eigenvalue weighted by Gasteiger charge is 2.48. The maximum Gasteiger partial charge on any atom is 0.350 e. The molecule has 0 unspecified atom stereocenters. The number of ketones is 1. The van der Waals surface area contributed by atoms with Crippen LogP contribution in [-0.4, -0.2) is 46.4 Å². The maximum absolute atomic E-state index is 13.3. The zero-order chi connectivity index (χ0) is 28.3. The van der Waals surface area contributed by atoms with Crippen LogP contribution in [0.5, 0.6) is 5.75 Å². The molecule has 0 spiro atoms. The first-order valence-corrected chi connectivity index (χ1v) is 12.8. The summed E-state index contributed by atoms with van der Waals surface area (Å²) in [6, 6.07) is 10.6. The molecular formula is C27H25N3O8S. The van der Waals surface area contributed by atoms with Crippen LogP contribution in [0.1, 0.15) is 52.3 Å². The fourth-order valence-corrected chi connectivity index (χ4v) is 5.13. The number of nitrogens with zero attached hydrogens (tertiary/aromatic N) is 3. The van der Waals surface area contributed by atoms with Crippen molar-refractivity contribution in [1.82, 2.24) is 4.98 Å². The standard InChI is InChI=1S/C27H25N3O8S/c1-4-5-13-38-19-11-9-16(10-12-19)22(31)20-21(17-7-6-8-18(14-17)30(35)36)29(25(33)23(20)32)27-28-15(2)24(39-27)26(34)37-3/h6-12,14,21,31H,4-5,13H2,1-3H3/t21-/m1/s1. The zero-order valence-corrected chi connectivity index (χ0v) is 22.2. The van der Waals surface area contributed by atoms with E-state index in [1.165, 1.54) is 31.4 Å². The number of nitro benzene ring substituents is 1. The Labute approximate surface area is 227 Å². The number of aryl methyl sites for hydroxylation is 1. The van der Waals surface area contributed by atoms with Crippen molar-refractivity contribution < 1.29 is 33.9 Å². The topological polar surface area (TPSA) is 149 Å². The molecule has 0 radical (unpaired) electrons. The molecule has 1 aliphatic rings. The Bertz CT molecular complexity index is 1480. The Kier molecular flexibility index (Phi) is 8.05. The Balaban J connectivity index is 1.86. The number of Topliss-reactive ketones (excluding diaryl/α,β-unsaturated/α-hetero) is 1. The van der Waals surface area contributed by atoms with Crippen LogP contribution < -0.4 is 9.64 Å². The number of carbonyl (C=O) groups is 3. The number of nitro groups is 1. The van der Waals surface area contributed by atoms with Crippen LogP contribution in [0, 0.1) is 17.0 Å². The van der Waals surface area contributed by atoms with Gasteiger partial charge in [-0.2, -0.15) is 0 Å². The molecule has 4 rings (SSSR count). The highest BCUT2D eigenvalue weighted by Crippen LogP contribution is 2.44. The van der Waals surface area contributed by atoms with E-state index in [0.717, 1.165) is 29.1 Å².